The molecule has 0 bridgehead atoms. The van der Waals surface area contributed by atoms with Gasteiger partial charge in [0.1, 0.15) is 4.90 Å². The molecular formula is C39H42INO6S. The van der Waals surface area contributed by atoms with Crippen LogP contribution in [0.1, 0.15) is 82.9 Å². The predicted octanol–water partition coefficient (Wildman–Crippen LogP) is 8.65. The number of nitrogens with zero attached hydrogens (tertiary/aromatic N) is 1. The first-order valence-corrected chi connectivity index (χ1v) is 18.9. The topological polar surface area (TPSA) is 90.0 Å². The minimum Gasteiger partial charge on any atom is -0.490 e. The molecule has 0 amide bonds. The lowest BCUT2D eigenvalue weighted by Crippen LogP contribution is -2.44. The number of benzene rings is 3. The van der Waals surface area contributed by atoms with E-state index in [9.17, 15) is 18.0 Å². The van der Waals surface area contributed by atoms with E-state index < -0.39 is 16.0 Å². The van der Waals surface area contributed by atoms with Crippen molar-refractivity contribution in [2.24, 2.45) is 10.8 Å². The zero-order valence-corrected chi connectivity index (χ0v) is 31.3. The van der Waals surface area contributed by atoms with E-state index in [4.69, 9.17) is 8.92 Å². The molecular weight excluding hydrogens is 737 g/mol. The maximum absolute atomic E-state index is 14.3. The largest absolute Gasteiger partial charge is 0.490 e. The summed E-state index contributed by atoms with van der Waals surface area (Å²) in [5.74, 6) is -0.214. The van der Waals surface area contributed by atoms with E-state index in [0.717, 1.165) is 22.5 Å². The number of ketones is 2. The molecule has 0 atom stereocenters. The molecule has 0 fully saturated rings. The summed E-state index contributed by atoms with van der Waals surface area (Å²) in [5, 5.41) is 0. The van der Waals surface area contributed by atoms with Gasteiger partial charge in [-0.15, -0.1) is 0 Å². The molecule has 0 spiro atoms. The highest BCUT2D eigenvalue weighted by Gasteiger charge is 2.49. The van der Waals surface area contributed by atoms with Gasteiger partial charge in [0.25, 0.3) is 0 Å². The minimum atomic E-state index is -4.17. The zero-order chi connectivity index (χ0) is 34.6. The molecule has 1 heterocycles. The van der Waals surface area contributed by atoms with Crippen LogP contribution in [0.4, 0.5) is 0 Å². The van der Waals surface area contributed by atoms with E-state index in [1.54, 1.807) is 18.2 Å². The van der Waals surface area contributed by atoms with Gasteiger partial charge in [-0.2, -0.15) is 8.42 Å². The van der Waals surface area contributed by atoms with Crippen LogP contribution in [0.25, 0.3) is 0 Å². The summed E-state index contributed by atoms with van der Waals surface area (Å²) in [4.78, 5) is 30.9. The molecule has 9 heteroatoms. The lowest BCUT2D eigenvalue weighted by atomic mass is 9.63. The summed E-state index contributed by atoms with van der Waals surface area (Å²) in [6, 6.07) is 20.3. The van der Waals surface area contributed by atoms with Gasteiger partial charge in [-0.05, 0) is 95.5 Å². The van der Waals surface area contributed by atoms with Crippen molar-refractivity contribution >= 4 is 44.3 Å². The summed E-state index contributed by atoms with van der Waals surface area (Å²) >= 11 is 2.07. The second-order valence-electron chi connectivity index (χ2n) is 14.7. The standard InChI is InChI=1S/C39H42INO6S/c1-7-46-33-18-26(17-28(40)37(33)47-48(44,45)27-15-13-24(2)14-16-27)34-35-29(19-38(3,4)21-31(35)42)41(23-25-11-9-8-10-12-25)30-20-39(5,6)22-32(43)36(30)34/h8-18,34H,7,19-23H2,1-6H3. The molecule has 0 unspecified atom stereocenters. The van der Waals surface area contributed by atoms with Crippen molar-refractivity contribution in [3.05, 3.63) is 110 Å². The molecule has 7 nitrogen and oxygen atoms in total. The van der Waals surface area contributed by atoms with Gasteiger partial charge in [0.15, 0.2) is 23.1 Å². The van der Waals surface area contributed by atoms with Crippen molar-refractivity contribution in [3.8, 4) is 11.5 Å². The Hall–Kier alpha value is -3.44. The quantitative estimate of drug-likeness (QED) is 0.167. The number of allylic oxidation sites excluding steroid dienone is 4. The van der Waals surface area contributed by atoms with Crippen LogP contribution in [0.5, 0.6) is 11.5 Å². The van der Waals surface area contributed by atoms with Gasteiger partial charge in [0.05, 0.1) is 10.2 Å². The van der Waals surface area contributed by atoms with Gasteiger partial charge in [-0.3, -0.25) is 9.59 Å². The molecule has 0 saturated carbocycles. The molecule has 3 aromatic rings. The third-order valence-electron chi connectivity index (χ3n) is 9.37. The minimum absolute atomic E-state index is 0.0312. The third kappa shape index (κ3) is 6.72. The Morgan fingerprint density at radius 3 is 1.94 bits per heavy atom. The van der Waals surface area contributed by atoms with Crippen molar-refractivity contribution in [2.75, 3.05) is 6.61 Å². The van der Waals surface area contributed by atoms with E-state index in [-0.39, 0.29) is 45.4 Å². The van der Waals surface area contributed by atoms with Crippen molar-refractivity contribution < 1.29 is 26.9 Å². The van der Waals surface area contributed by atoms with Crippen LogP contribution in [0.2, 0.25) is 0 Å². The number of aryl methyl sites for hydroxylation is 1. The van der Waals surface area contributed by atoms with Crippen molar-refractivity contribution in [3.63, 3.8) is 0 Å². The predicted molar refractivity (Wildman–Crippen MR) is 194 cm³/mol. The van der Waals surface area contributed by atoms with Crippen LogP contribution in [0.15, 0.2) is 94.2 Å². The Balaban J connectivity index is 1.54. The number of ether oxygens (including phenoxy) is 1. The van der Waals surface area contributed by atoms with E-state index in [1.807, 2.05) is 38.1 Å². The van der Waals surface area contributed by atoms with Crippen LogP contribution in [-0.4, -0.2) is 31.5 Å². The maximum atomic E-state index is 14.3. The summed E-state index contributed by atoms with van der Waals surface area (Å²) in [6.45, 7) is 13.0. The summed E-state index contributed by atoms with van der Waals surface area (Å²) in [5.41, 5.74) is 5.46. The molecule has 6 rings (SSSR count). The fourth-order valence-electron chi connectivity index (χ4n) is 7.30. The fourth-order valence-corrected chi connectivity index (χ4v) is 9.14. The third-order valence-corrected chi connectivity index (χ3v) is 11.4. The Kier molecular flexibility index (Phi) is 9.17. The van der Waals surface area contributed by atoms with Gasteiger partial charge in [0.2, 0.25) is 0 Å². The van der Waals surface area contributed by atoms with Gasteiger partial charge in [-0.1, -0.05) is 75.7 Å². The second-order valence-corrected chi connectivity index (χ2v) is 17.4. The van der Waals surface area contributed by atoms with Crippen LogP contribution in [0, 0.1) is 21.3 Å². The lowest BCUT2D eigenvalue weighted by Gasteiger charge is -2.49. The first-order valence-electron chi connectivity index (χ1n) is 16.4. The Bertz CT molecular complexity index is 1900. The first-order chi connectivity index (χ1) is 22.6. The molecule has 2 aliphatic carbocycles. The summed E-state index contributed by atoms with van der Waals surface area (Å²) in [6.07, 6.45) is 2.12. The molecule has 48 heavy (non-hydrogen) atoms. The second kappa shape index (κ2) is 12.8. The molecule has 0 aromatic heterocycles. The van der Waals surface area contributed by atoms with Crippen LogP contribution in [-0.2, 0) is 26.3 Å². The van der Waals surface area contributed by atoms with E-state index >= 15 is 0 Å². The number of hydrogen-bond acceptors (Lipinski definition) is 7. The van der Waals surface area contributed by atoms with Crippen LogP contribution < -0.4 is 8.92 Å². The van der Waals surface area contributed by atoms with Crippen molar-refractivity contribution in [1.82, 2.24) is 4.90 Å². The Morgan fingerprint density at radius 2 is 1.40 bits per heavy atom. The molecule has 0 radical (unpaired) electrons. The first kappa shape index (κ1) is 34.4. The van der Waals surface area contributed by atoms with Crippen LogP contribution >= 0.6 is 22.6 Å². The molecule has 0 saturated heterocycles. The number of Topliss-reactive ketones (excluding diaryl/α,β-unsaturated/α-hetero) is 2. The monoisotopic (exact) mass is 779 g/mol. The SMILES string of the molecule is CCOc1cc(C2C3=C(CC(C)(C)CC3=O)N(Cc3ccccc3)C3=C2C(=O)CC(C)(C)C3)cc(I)c1OS(=O)(=O)c1ccc(C)cc1. The van der Waals surface area contributed by atoms with Gasteiger partial charge in [-0.25, -0.2) is 0 Å². The van der Waals surface area contributed by atoms with Gasteiger partial charge in [0, 0.05) is 47.8 Å². The average Bonchev–Trinajstić information content (AvgIpc) is 2.99. The number of rotatable bonds is 8. The Morgan fingerprint density at radius 1 is 0.833 bits per heavy atom. The summed E-state index contributed by atoms with van der Waals surface area (Å²) in [7, 11) is -4.17. The smallest absolute Gasteiger partial charge is 0.339 e. The van der Waals surface area contributed by atoms with E-state index in [1.165, 1.54) is 12.1 Å². The number of hydrogen-bond donors (Lipinski definition) is 0. The number of carbonyl (C=O) groups excluding carboxylic acids is 2. The molecule has 252 valence electrons. The molecule has 0 N–H and O–H groups in total. The number of halogens is 1. The van der Waals surface area contributed by atoms with Crippen molar-refractivity contribution in [2.45, 2.75) is 84.6 Å². The van der Waals surface area contributed by atoms with Crippen LogP contribution in [0.3, 0.4) is 0 Å². The molecule has 3 aromatic carbocycles. The fraction of sp³-hybridized carbons (Fsp3) is 0.385. The highest BCUT2D eigenvalue weighted by atomic mass is 127. The van der Waals surface area contributed by atoms with E-state index in [2.05, 4.69) is 67.3 Å². The maximum Gasteiger partial charge on any atom is 0.339 e. The Labute approximate surface area is 297 Å². The van der Waals surface area contributed by atoms with Crippen molar-refractivity contribution in [1.29, 1.82) is 0 Å². The summed E-state index contributed by atoms with van der Waals surface area (Å²) < 4.78 is 39.1. The molecule has 1 aliphatic heterocycles. The highest BCUT2D eigenvalue weighted by Crippen LogP contribution is 2.55. The number of carbonyl (C=O) groups is 2. The molecule has 3 aliphatic rings. The average molecular weight is 780 g/mol. The van der Waals surface area contributed by atoms with E-state index in [0.29, 0.717) is 52.5 Å². The zero-order valence-electron chi connectivity index (χ0n) is 28.4. The normalized spacial score (nSPS) is 19.3. The lowest BCUT2D eigenvalue weighted by molar-refractivity contribution is -0.119. The van der Waals surface area contributed by atoms with Gasteiger partial charge >= 0.3 is 10.1 Å². The highest BCUT2D eigenvalue weighted by molar-refractivity contribution is 14.1. The van der Waals surface area contributed by atoms with Gasteiger partial charge < -0.3 is 13.8 Å².